The molecule has 0 unspecified atom stereocenters. The van der Waals surface area contributed by atoms with E-state index in [4.69, 9.17) is 4.74 Å². The second kappa shape index (κ2) is 6.74. The molecule has 0 saturated carbocycles. The molecule has 0 heterocycles. The first-order chi connectivity index (χ1) is 10.1. The third kappa shape index (κ3) is 3.95. The summed E-state index contributed by atoms with van der Waals surface area (Å²) in [6, 6.07) is 12.7. The highest BCUT2D eigenvalue weighted by molar-refractivity contribution is 5.56. The van der Waals surface area contributed by atoms with Gasteiger partial charge < -0.3 is 10.1 Å². The van der Waals surface area contributed by atoms with Crippen molar-refractivity contribution in [3.8, 4) is 5.75 Å². The molecule has 1 N–H and O–H groups in total. The van der Waals surface area contributed by atoms with Crippen LogP contribution in [0.1, 0.15) is 11.1 Å². The molecule has 110 valence electrons. The topological polar surface area (TPSA) is 64.4 Å². The van der Waals surface area contributed by atoms with E-state index in [1.807, 2.05) is 31.2 Å². The number of benzene rings is 2. The number of methoxy groups -OCH3 is 1. The first-order valence-electron chi connectivity index (χ1n) is 6.72. The molecule has 0 aromatic heterocycles. The van der Waals surface area contributed by atoms with Crippen LogP contribution < -0.4 is 10.1 Å². The summed E-state index contributed by atoms with van der Waals surface area (Å²) in [5.41, 5.74) is 3.09. The lowest BCUT2D eigenvalue weighted by Crippen LogP contribution is -2.06. The molecule has 21 heavy (non-hydrogen) atoms. The van der Waals surface area contributed by atoms with Gasteiger partial charge in [0.25, 0.3) is 5.69 Å². The Morgan fingerprint density at radius 2 is 1.90 bits per heavy atom. The van der Waals surface area contributed by atoms with Gasteiger partial charge in [0.2, 0.25) is 0 Å². The summed E-state index contributed by atoms with van der Waals surface area (Å²) >= 11 is 0. The molecule has 0 aliphatic carbocycles. The van der Waals surface area contributed by atoms with Gasteiger partial charge in [-0.2, -0.15) is 0 Å². The summed E-state index contributed by atoms with van der Waals surface area (Å²) in [6.45, 7) is 2.65. The van der Waals surface area contributed by atoms with Crippen LogP contribution in [-0.2, 0) is 6.42 Å². The van der Waals surface area contributed by atoms with Crippen molar-refractivity contribution >= 4 is 11.4 Å². The Kier molecular flexibility index (Phi) is 4.77. The Morgan fingerprint density at radius 3 is 2.52 bits per heavy atom. The number of non-ortho nitro benzene ring substituents is 1. The average Bonchev–Trinajstić information content (AvgIpc) is 2.49. The van der Waals surface area contributed by atoms with Crippen molar-refractivity contribution in [1.29, 1.82) is 0 Å². The standard InChI is InChI=1S/C16H18N2O3/c1-12-3-6-14(18(19)20)11-16(12)17-10-9-13-4-7-15(21-2)8-5-13/h3-8,11,17H,9-10H2,1-2H3. The molecule has 0 radical (unpaired) electrons. The molecule has 2 aromatic carbocycles. The maximum Gasteiger partial charge on any atom is 0.271 e. The Hall–Kier alpha value is -2.56. The summed E-state index contributed by atoms with van der Waals surface area (Å²) in [5, 5.41) is 14.0. The summed E-state index contributed by atoms with van der Waals surface area (Å²) in [4.78, 5) is 10.4. The van der Waals surface area contributed by atoms with Crippen LogP contribution in [0.2, 0.25) is 0 Å². The molecular weight excluding hydrogens is 268 g/mol. The van der Waals surface area contributed by atoms with Gasteiger partial charge in [-0.25, -0.2) is 0 Å². The minimum Gasteiger partial charge on any atom is -0.497 e. The fourth-order valence-corrected chi connectivity index (χ4v) is 2.05. The van der Waals surface area contributed by atoms with Gasteiger partial charge in [-0.3, -0.25) is 10.1 Å². The van der Waals surface area contributed by atoms with Crippen molar-refractivity contribution in [3.05, 3.63) is 63.7 Å². The number of ether oxygens (including phenoxy) is 1. The second-order valence-corrected chi connectivity index (χ2v) is 4.78. The van der Waals surface area contributed by atoms with Crippen LogP contribution in [0.5, 0.6) is 5.75 Å². The van der Waals surface area contributed by atoms with Crippen molar-refractivity contribution in [3.63, 3.8) is 0 Å². The SMILES string of the molecule is COc1ccc(CCNc2cc([N+](=O)[O-])ccc2C)cc1. The van der Waals surface area contributed by atoms with Crippen LogP contribution in [0, 0.1) is 17.0 Å². The highest BCUT2D eigenvalue weighted by atomic mass is 16.6. The molecule has 0 aliphatic rings. The smallest absolute Gasteiger partial charge is 0.271 e. The van der Waals surface area contributed by atoms with E-state index >= 15 is 0 Å². The molecule has 2 aromatic rings. The molecule has 0 fully saturated rings. The number of hydrogen-bond acceptors (Lipinski definition) is 4. The normalized spacial score (nSPS) is 10.2. The van der Waals surface area contributed by atoms with Crippen molar-refractivity contribution in [2.24, 2.45) is 0 Å². The van der Waals surface area contributed by atoms with Gasteiger partial charge in [0.15, 0.2) is 0 Å². The zero-order chi connectivity index (χ0) is 15.2. The molecule has 2 rings (SSSR count). The van der Waals surface area contributed by atoms with E-state index in [1.165, 1.54) is 11.6 Å². The molecule has 0 amide bonds. The van der Waals surface area contributed by atoms with E-state index in [0.29, 0.717) is 6.54 Å². The van der Waals surface area contributed by atoms with Gasteiger partial charge in [0.05, 0.1) is 12.0 Å². The minimum absolute atomic E-state index is 0.104. The van der Waals surface area contributed by atoms with Crippen LogP contribution in [0.4, 0.5) is 11.4 Å². The van der Waals surface area contributed by atoms with Crippen LogP contribution in [-0.4, -0.2) is 18.6 Å². The van der Waals surface area contributed by atoms with Gasteiger partial charge in [-0.05, 0) is 36.6 Å². The lowest BCUT2D eigenvalue weighted by atomic mass is 10.1. The first kappa shape index (κ1) is 14.8. The summed E-state index contributed by atoms with van der Waals surface area (Å²) in [7, 11) is 1.64. The molecular formula is C16H18N2O3. The number of nitro benzene ring substituents is 1. The predicted octanol–water partition coefficient (Wildman–Crippen LogP) is 3.57. The molecule has 5 heteroatoms. The molecule has 0 spiro atoms. The quantitative estimate of drug-likeness (QED) is 0.651. The Balaban J connectivity index is 1.96. The van der Waals surface area contributed by atoms with Gasteiger partial charge in [0, 0.05) is 24.4 Å². The fourth-order valence-electron chi connectivity index (χ4n) is 2.05. The monoisotopic (exact) mass is 286 g/mol. The number of nitrogens with zero attached hydrogens (tertiary/aromatic N) is 1. The van der Waals surface area contributed by atoms with Crippen LogP contribution in [0.3, 0.4) is 0 Å². The predicted molar refractivity (Wildman–Crippen MR) is 83.0 cm³/mol. The zero-order valence-corrected chi connectivity index (χ0v) is 12.1. The third-order valence-electron chi connectivity index (χ3n) is 3.32. The van der Waals surface area contributed by atoms with E-state index in [0.717, 1.165) is 23.4 Å². The van der Waals surface area contributed by atoms with Crippen LogP contribution in [0.25, 0.3) is 0 Å². The molecule has 0 bridgehead atoms. The lowest BCUT2D eigenvalue weighted by molar-refractivity contribution is -0.384. The maximum absolute atomic E-state index is 10.8. The van der Waals surface area contributed by atoms with E-state index in [1.54, 1.807) is 19.2 Å². The number of aryl methyl sites for hydroxylation is 1. The number of nitrogens with one attached hydrogen (secondary N) is 1. The van der Waals surface area contributed by atoms with Crippen molar-refractivity contribution in [2.75, 3.05) is 19.0 Å². The number of nitro groups is 1. The van der Waals surface area contributed by atoms with E-state index in [2.05, 4.69) is 5.32 Å². The van der Waals surface area contributed by atoms with Gasteiger partial charge in [-0.15, -0.1) is 0 Å². The average molecular weight is 286 g/mol. The molecule has 0 atom stereocenters. The van der Waals surface area contributed by atoms with Gasteiger partial charge >= 0.3 is 0 Å². The second-order valence-electron chi connectivity index (χ2n) is 4.78. The summed E-state index contributed by atoms with van der Waals surface area (Å²) in [6.07, 6.45) is 0.839. The minimum atomic E-state index is -0.381. The number of anilines is 1. The maximum atomic E-state index is 10.8. The van der Waals surface area contributed by atoms with E-state index < -0.39 is 0 Å². The lowest BCUT2D eigenvalue weighted by Gasteiger charge is -2.09. The van der Waals surface area contributed by atoms with Crippen molar-refractivity contribution in [1.82, 2.24) is 0 Å². The summed E-state index contributed by atoms with van der Waals surface area (Å²) < 4.78 is 5.11. The number of rotatable bonds is 6. The third-order valence-corrected chi connectivity index (χ3v) is 3.32. The van der Waals surface area contributed by atoms with Gasteiger partial charge in [-0.1, -0.05) is 18.2 Å². The largest absolute Gasteiger partial charge is 0.497 e. The van der Waals surface area contributed by atoms with Crippen LogP contribution in [0.15, 0.2) is 42.5 Å². The Labute approximate surface area is 123 Å². The molecule has 0 aliphatic heterocycles. The highest BCUT2D eigenvalue weighted by Crippen LogP contribution is 2.21. The van der Waals surface area contributed by atoms with Gasteiger partial charge in [0.1, 0.15) is 5.75 Å². The first-order valence-corrected chi connectivity index (χ1v) is 6.72. The van der Waals surface area contributed by atoms with Crippen LogP contribution >= 0.6 is 0 Å². The molecule has 5 nitrogen and oxygen atoms in total. The summed E-state index contributed by atoms with van der Waals surface area (Å²) in [5.74, 6) is 0.834. The Morgan fingerprint density at radius 1 is 1.19 bits per heavy atom. The Bertz CT molecular complexity index is 624. The zero-order valence-electron chi connectivity index (χ0n) is 12.1. The van der Waals surface area contributed by atoms with Crippen molar-refractivity contribution < 1.29 is 9.66 Å². The highest BCUT2D eigenvalue weighted by Gasteiger charge is 2.08. The van der Waals surface area contributed by atoms with Crippen molar-refractivity contribution in [2.45, 2.75) is 13.3 Å². The fraction of sp³-hybridized carbons (Fsp3) is 0.250. The van der Waals surface area contributed by atoms with E-state index in [9.17, 15) is 10.1 Å². The number of hydrogen-bond donors (Lipinski definition) is 1. The van der Waals surface area contributed by atoms with E-state index in [-0.39, 0.29) is 10.6 Å². The molecule has 0 saturated heterocycles.